The molecule has 0 aliphatic heterocycles. The van der Waals surface area contributed by atoms with E-state index in [4.69, 9.17) is 5.11 Å². The molecule has 0 spiro atoms. The first-order valence-electron chi connectivity index (χ1n) is 6.51. The number of hydrogen-bond acceptors (Lipinski definition) is 4. The van der Waals surface area contributed by atoms with Crippen LogP contribution in [0.3, 0.4) is 0 Å². The lowest BCUT2D eigenvalue weighted by Crippen LogP contribution is -2.24. The summed E-state index contributed by atoms with van der Waals surface area (Å²) < 4.78 is 0. The Labute approximate surface area is 117 Å². The van der Waals surface area contributed by atoms with Gasteiger partial charge in [-0.1, -0.05) is 13.0 Å². The second-order valence-corrected chi connectivity index (χ2v) is 4.36. The minimum atomic E-state index is -0.225. The maximum atomic E-state index is 12.0. The maximum Gasteiger partial charge on any atom is 0.270 e. The number of carbonyl (C=O) groups is 1. The Kier molecular flexibility index (Phi) is 4.79. The van der Waals surface area contributed by atoms with Gasteiger partial charge in [-0.05, 0) is 36.2 Å². The van der Waals surface area contributed by atoms with Crippen LogP contribution in [0.15, 0.2) is 36.5 Å². The molecule has 2 aromatic heterocycles. The Morgan fingerprint density at radius 1 is 1.30 bits per heavy atom. The summed E-state index contributed by atoms with van der Waals surface area (Å²) in [4.78, 5) is 20.3. The van der Waals surface area contributed by atoms with Crippen molar-refractivity contribution in [3.63, 3.8) is 0 Å². The van der Waals surface area contributed by atoms with Crippen LogP contribution in [-0.2, 0) is 19.6 Å². The molecule has 5 heteroatoms. The fourth-order valence-corrected chi connectivity index (χ4v) is 1.80. The zero-order chi connectivity index (χ0) is 14.4. The van der Waals surface area contributed by atoms with E-state index >= 15 is 0 Å². The Balaban J connectivity index is 2.00. The summed E-state index contributed by atoms with van der Waals surface area (Å²) in [5.41, 5.74) is 2.77. The van der Waals surface area contributed by atoms with Crippen molar-refractivity contribution >= 4 is 5.91 Å². The molecule has 104 valence electrons. The van der Waals surface area contributed by atoms with Crippen molar-refractivity contribution in [1.82, 2.24) is 15.3 Å². The largest absolute Gasteiger partial charge is 0.390 e. The van der Waals surface area contributed by atoms with Crippen molar-refractivity contribution in [1.29, 1.82) is 0 Å². The zero-order valence-electron chi connectivity index (χ0n) is 11.3. The minimum Gasteiger partial charge on any atom is -0.390 e. The molecule has 2 aromatic rings. The van der Waals surface area contributed by atoms with E-state index in [-0.39, 0.29) is 12.5 Å². The number of amides is 1. The monoisotopic (exact) mass is 271 g/mol. The van der Waals surface area contributed by atoms with E-state index in [0.717, 1.165) is 12.0 Å². The van der Waals surface area contributed by atoms with Crippen molar-refractivity contribution in [3.05, 3.63) is 59.2 Å². The summed E-state index contributed by atoms with van der Waals surface area (Å²) in [6.07, 6.45) is 2.50. The number of hydrogen-bond donors (Lipinski definition) is 2. The van der Waals surface area contributed by atoms with Crippen LogP contribution in [-0.4, -0.2) is 21.0 Å². The summed E-state index contributed by atoms with van der Waals surface area (Å²) in [5, 5.41) is 11.8. The molecular formula is C15H17N3O2. The third kappa shape index (κ3) is 3.61. The predicted octanol–water partition coefficient (Wildman–Crippen LogP) is 1.46. The van der Waals surface area contributed by atoms with Gasteiger partial charge in [0.05, 0.1) is 24.5 Å². The number of pyridine rings is 2. The van der Waals surface area contributed by atoms with E-state index in [9.17, 15) is 4.79 Å². The van der Waals surface area contributed by atoms with Gasteiger partial charge < -0.3 is 10.4 Å². The van der Waals surface area contributed by atoms with Gasteiger partial charge in [-0.3, -0.25) is 14.8 Å². The van der Waals surface area contributed by atoms with Crippen LogP contribution >= 0.6 is 0 Å². The molecule has 0 saturated carbocycles. The first-order chi connectivity index (χ1) is 9.72. The lowest BCUT2D eigenvalue weighted by Gasteiger charge is -2.06. The van der Waals surface area contributed by atoms with Gasteiger partial charge in [-0.15, -0.1) is 0 Å². The Hall–Kier alpha value is -2.27. The molecule has 0 saturated heterocycles. The van der Waals surface area contributed by atoms with E-state index in [1.165, 1.54) is 0 Å². The van der Waals surface area contributed by atoms with Gasteiger partial charge in [-0.2, -0.15) is 0 Å². The van der Waals surface area contributed by atoms with Crippen molar-refractivity contribution < 1.29 is 9.90 Å². The number of carbonyl (C=O) groups excluding carboxylic acids is 1. The lowest BCUT2D eigenvalue weighted by molar-refractivity contribution is 0.0945. The second-order valence-electron chi connectivity index (χ2n) is 4.36. The second kappa shape index (κ2) is 6.77. The zero-order valence-corrected chi connectivity index (χ0v) is 11.3. The highest BCUT2D eigenvalue weighted by atomic mass is 16.3. The van der Waals surface area contributed by atoms with Crippen molar-refractivity contribution in [2.45, 2.75) is 26.5 Å². The van der Waals surface area contributed by atoms with Crippen LogP contribution in [0.2, 0.25) is 0 Å². The molecule has 1 amide bonds. The van der Waals surface area contributed by atoms with Crippen LogP contribution in [0.25, 0.3) is 0 Å². The molecule has 0 fully saturated rings. The van der Waals surface area contributed by atoms with Crippen molar-refractivity contribution in [2.24, 2.45) is 0 Å². The number of aliphatic hydroxyl groups is 1. The fourth-order valence-electron chi connectivity index (χ4n) is 1.80. The SMILES string of the molecule is CCc1ccnc(C(=O)NCc2cccc(CO)n2)c1. The van der Waals surface area contributed by atoms with Gasteiger partial charge in [0, 0.05) is 6.20 Å². The van der Waals surface area contributed by atoms with E-state index in [2.05, 4.69) is 15.3 Å². The molecule has 2 rings (SSSR count). The molecule has 0 radical (unpaired) electrons. The molecule has 20 heavy (non-hydrogen) atoms. The molecule has 0 atom stereocenters. The minimum absolute atomic E-state index is 0.109. The van der Waals surface area contributed by atoms with E-state index < -0.39 is 0 Å². The van der Waals surface area contributed by atoms with E-state index in [1.807, 2.05) is 13.0 Å². The van der Waals surface area contributed by atoms with Crippen LogP contribution in [0.1, 0.15) is 34.4 Å². The smallest absolute Gasteiger partial charge is 0.270 e. The molecule has 0 aliphatic carbocycles. The topological polar surface area (TPSA) is 75.1 Å². The Morgan fingerprint density at radius 2 is 2.10 bits per heavy atom. The summed E-state index contributed by atoms with van der Waals surface area (Å²) >= 11 is 0. The van der Waals surface area contributed by atoms with Crippen molar-refractivity contribution in [2.75, 3.05) is 0 Å². The third-order valence-electron chi connectivity index (χ3n) is 2.92. The van der Waals surface area contributed by atoms with Crippen molar-refractivity contribution in [3.8, 4) is 0 Å². The standard InChI is InChI=1S/C15H17N3O2/c1-2-11-6-7-16-14(8-11)15(20)17-9-12-4-3-5-13(10-19)18-12/h3-8,19H,2,9-10H2,1H3,(H,17,20). The Bertz CT molecular complexity index is 599. The molecule has 2 N–H and O–H groups in total. The summed E-state index contributed by atoms with van der Waals surface area (Å²) in [6, 6.07) is 9.01. The van der Waals surface area contributed by atoms with Gasteiger partial charge in [0.1, 0.15) is 5.69 Å². The number of aromatic nitrogens is 2. The number of nitrogens with zero attached hydrogens (tertiary/aromatic N) is 2. The summed E-state index contributed by atoms with van der Waals surface area (Å²) in [7, 11) is 0. The normalized spacial score (nSPS) is 10.3. The molecule has 2 heterocycles. The van der Waals surface area contributed by atoms with Gasteiger partial charge in [0.25, 0.3) is 5.91 Å². The third-order valence-corrected chi connectivity index (χ3v) is 2.92. The molecule has 0 unspecified atom stereocenters. The van der Waals surface area contributed by atoms with Gasteiger partial charge >= 0.3 is 0 Å². The predicted molar refractivity (Wildman–Crippen MR) is 74.9 cm³/mol. The van der Waals surface area contributed by atoms with Crippen LogP contribution in [0, 0.1) is 0 Å². The molecule has 0 bridgehead atoms. The number of aliphatic hydroxyl groups excluding tert-OH is 1. The van der Waals surface area contributed by atoms with E-state index in [0.29, 0.717) is 23.6 Å². The maximum absolute atomic E-state index is 12.0. The first kappa shape index (κ1) is 14.1. The highest BCUT2D eigenvalue weighted by Gasteiger charge is 2.07. The van der Waals surface area contributed by atoms with Crippen LogP contribution in [0.4, 0.5) is 0 Å². The molecule has 5 nitrogen and oxygen atoms in total. The summed E-state index contributed by atoms with van der Waals surface area (Å²) in [5.74, 6) is -0.225. The number of aryl methyl sites for hydroxylation is 1. The quantitative estimate of drug-likeness (QED) is 0.863. The first-order valence-corrected chi connectivity index (χ1v) is 6.51. The fraction of sp³-hybridized carbons (Fsp3) is 0.267. The van der Waals surface area contributed by atoms with Crippen LogP contribution in [0.5, 0.6) is 0 Å². The average Bonchev–Trinajstić information content (AvgIpc) is 2.52. The highest BCUT2D eigenvalue weighted by Crippen LogP contribution is 2.04. The van der Waals surface area contributed by atoms with Gasteiger partial charge in [-0.25, -0.2) is 0 Å². The molecular weight excluding hydrogens is 254 g/mol. The number of nitrogens with one attached hydrogen (secondary N) is 1. The van der Waals surface area contributed by atoms with Gasteiger partial charge in [0.15, 0.2) is 0 Å². The van der Waals surface area contributed by atoms with E-state index in [1.54, 1.807) is 30.5 Å². The lowest BCUT2D eigenvalue weighted by atomic mass is 10.2. The van der Waals surface area contributed by atoms with Gasteiger partial charge in [0.2, 0.25) is 0 Å². The average molecular weight is 271 g/mol. The molecule has 0 aromatic carbocycles. The number of rotatable bonds is 5. The summed E-state index contributed by atoms with van der Waals surface area (Å²) in [6.45, 7) is 2.23. The molecule has 0 aliphatic rings. The Morgan fingerprint density at radius 3 is 2.85 bits per heavy atom. The van der Waals surface area contributed by atoms with Crippen LogP contribution < -0.4 is 5.32 Å². The highest BCUT2D eigenvalue weighted by molar-refractivity contribution is 5.92.